The molecule has 0 saturated carbocycles. The molecule has 1 aliphatic rings. The number of thiophene rings is 1. The van der Waals surface area contributed by atoms with Crippen LogP contribution in [0.25, 0.3) is 10.2 Å². The fourth-order valence-electron chi connectivity index (χ4n) is 3.32. The maximum absolute atomic E-state index is 13.2. The molecule has 0 spiro atoms. The molecule has 3 aromatic rings. The molecule has 0 radical (unpaired) electrons. The lowest BCUT2D eigenvalue weighted by Gasteiger charge is -2.12. The molecular weight excluding hydrogens is 400 g/mol. The van der Waals surface area contributed by atoms with E-state index in [4.69, 9.17) is 14.2 Å². The molecule has 3 aromatic heterocycles. The fourth-order valence-corrected chi connectivity index (χ4v) is 5.45. The van der Waals surface area contributed by atoms with Crippen LogP contribution in [0.3, 0.4) is 0 Å². The number of nitrogens with zero attached hydrogens (tertiary/aromatic N) is 3. The van der Waals surface area contributed by atoms with Crippen molar-refractivity contribution < 1.29 is 14.1 Å². The molecule has 1 amide bonds. The Morgan fingerprint density at radius 2 is 2.36 bits per heavy atom. The maximum atomic E-state index is 13.2. The monoisotopic (exact) mass is 420 g/mol. The third-order valence-corrected chi connectivity index (χ3v) is 6.72. The first-order valence-corrected chi connectivity index (χ1v) is 10.8. The molecule has 3 heterocycles. The smallest absolute Gasteiger partial charge is 0.263 e. The number of thioether (sulfide) groups is 1. The molecule has 28 heavy (non-hydrogen) atoms. The summed E-state index contributed by atoms with van der Waals surface area (Å²) in [5.41, 5.74) is 1.15. The predicted octanol–water partition coefficient (Wildman–Crippen LogP) is 2.70. The van der Waals surface area contributed by atoms with E-state index in [1.54, 1.807) is 29.1 Å². The highest BCUT2D eigenvalue weighted by molar-refractivity contribution is 7.99. The maximum Gasteiger partial charge on any atom is 0.263 e. The van der Waals surface area contributed by atoms with E-state index in [9.17, 15) is 9.59 Å². The molecule has 0 bridgehead atoms. The van der Waals surface area contributed by atoms with Crippen LogP contribution in [0, 0.1) is 0 Å². The second-order valence-corrected chi connectivity index (χ2v) is 8.48. The van der Waals surface area contributed by atoms with Crippen LogP contribution in [0.15, 0.2) is 26.8 Å². The van der Waals surface area contributed by atoms with Gasteiger partial charge in [-0.2, -0.15) is 0 Å². The largest absolute Gasteiger partial charge is 0.385 e. The highest BCUT2D eigenvalue weighted by Crippen LogP contribution is 2.35. The lowest BCUT2D eigenvalue weighted by molar-refractivity contribution is -0.113. The molecule has 0 aromatic carbocycles. The van der Waals surface area contributed by atoms with Crippen LogP contribution in [-0.2, 0) is 28.9 Å². The summed E-state index contributed by atoms with van der Waals surface area (Å²) >= 11 is 2.86. The van der Waals surface area contributed by atoms with Crippen molar-refractivity contribution in [2.75, 3.05) is 24.8 Å². The van der Waals surface area contributed by atoms with Crippen LogP contribution >= 0.6 is 23.1 Å². The quantitative estimate of drug-likeness (QED) is 0.340. The Kier molecular flexibility index (Phi) is 5.79. The summed E-state index contributed by atoms with van der Waals surface area (Å²) < 4.78 is 11.5. The highest BCUT2D eigenvalue weighted by atomic mass is 32.2. The number of anilines is 1. The zero-order valence-corrected chi connectivity index (χ0v) is 17.0. The Morgan fingerprint density at radius 3 is 3.14 bits per heavy atom. The molecule has 0 unspecified atom stereocenters. The molecule has 0 aliphatic heterocycles. The van der Waals surface area contributed by atoms with Crippen LogP contribution in [-0.4, -0.2) is 40.1 Å². The molecular formula is C18H20N4O4S2. The van der Waals surface area contributed by atoms with Crippen molar-refractivity contribution in [3.05, 3.63) is 33.1 Å². The SMILES string of the molecule is COCCCn1c(SCC(=O)Nc2ccon2)nc2sc3c(c2c1=O)CCC3. The number of rotatable bonds is 8. The first kappa shape index (κ1) is 19.2. The number of hydrogen-bond acceptors (Lipinski definition) is 8. The minimum Gasteiger partial charge on any atom is -0.385 e. The Labute approximate surface area is 169 Å². The van der Waals surface area contributed by atoms with Crippen molar-refractivity contribution in [3.63, 3.8) is 0 Å². The van der Waals surface area contributed by atoms with Crippen molar-refractivity contribution in [2.45, 2.75) is 37.4 Å². The van der Waals surface area contributed by atoms with E-state index in [1.165, 1.54) is 28.5 Å². The number of carbonyl (C=O) groups is 1. The Balaban J connectivity index is 1.60. The molecule has 8 nitrogen and oxygen atoms in total. The number of hydrogen-bond donors (Lipinski definition) is 1. The van der Waals surface area contributed by atoms with Gasteiger partial charge in [-0.05, 0) is 31.2 Å². The molecule has 0 fully saturated rings. The topological polar surface area (TPSA) is 99.2 Å². The number of aromatic nitrogens is 3. The van der Waals surface area contributed by atoms with Crippen LogP contribution in [0.2, 0.25) is 0 Å². The van der Waals surface area contributed by atoms with Gasteiger partial charge in [0.25, 0.3) is 5.56 Å². The van der Waals surface area contributed by atoms with Crippen molar-refractivity contribution in [3.8, 4) is 0 Å². The molecule has 1 N–H and O–H groups in total. The third-order valence-electron chi connectivity index (χ3n) is 4.56. The zero-order valence-electron chi connectivity index (χ0n) is 15.4. The van der Waals surface area contributed by atoms with E-state index in [0.29, 0.717) is 30.5 Å². The summed E-state index contributed by atoms with van der Waals surface area (Å²) in [6, 6.07) is 1.57. The number of methoxy groups -OCH3 is 1. The summed E-state index contributed by atoms with van der Waals surface area (Å²) in [6.45, 7) is 1.07. The Bertz CT molecular complexity index is 1040. The summed E-state index contributed by atoms with van der Waals surface area (Å²) in [4.78, 5) is 32.2. The molecule has 1 aliphatic carbocycles. The second kappa shape index (κ2) is 8.46. The van der Waals surface area contributed by atoms with Gasteiger partial charge in [0, 0.05) is 31.2 Å². The average molecular weight is 421 g/mol. The molecule has 4 rings (SSSR count). The van der Waals surface area contributed by atoms with Gasteiger partial charge in [-0.3, -0.25) is 14.2 Å². The lowest BCUT2D eigenvalue weighted by Crippen LogP contribution is -2.25. The third kappa shape index (κ3) is 3.85. The zero-order chi connectivity index (χ0) is 19.5. The molecule has 0 atom stereocenters. The van der Waals surface area contributed by atoms with Gasteiger partial charge >= 0.3 is 0 Å². The van der Waals surface area contributed by atoms with Gasteiger partial charge in [0.15, 0.2) is 11.0 Å². The second-order valence-electron chi connectivity index (χ2n) is 6.46. The molecule has 10 heteroatoms. The van der Waals surface area contributed by atoms with E-state index in [1.807, 2.05) is 0 Å². The van der Waals surface area contributed by atoms with Gasteiger partial charge in [-0.1, -0.05) is 16.9 Å². The fraction of sp³-hybridized carbons (Fsp3) is 0.444. The van der Waals surface area contributed by atoms with Crippen LogP contribution in [0.5, 0.6) is 0 Å². The van der Waals surface area contributed by atoms with E-state index in [2.05, 4.69) is 10.5 Å². The minimum atomic E-state index is -0.231. The number of amides is 1. The number of fused-ring (bicyclic) bond motifs is 3. The van der Waals surface area contributed by atoms with Gasteiger partial charge in [-0.25, -0.2) is 4.98 Å². The number of ether oxygens (including phenoxy) is 1. The van der Waals surface area contributed by atoms with Crippen LogP contribution < -0.4 is 10.9 Å². The standard InChI is InChI=1S/C18H20N4O4S2/c1-25-8-3-7-22-17(24)15-11-4-2-5-12(11)28-16(15)20-18(22)27-10-14(23)19-13-6-9-26-21-13/h6,9H,2-5,7-8,10H2,1H3,(H,19,21,23). The predicted molar refractivity (Wildman–Crippen MR) is 108 cm³/mol. The molecule has 0 saturated heterocycles. The summed E-state index contributed by atoms with van der Waals surface area (Å²) in [5.74, 6) is 0.256. The van der Waals surface area contributed by atoms with Gasteiger partial charge in [0.2, 0.25) is 5.91 Å². The Hall–Kier alpha value is -2.17. The van der Waals surface area contributed by atoms with E-state index < -0.39 is 0 Å². The first-order valence-electron chi connectivity index (χ1n) is 9.04. The Morgan fingerprint density at radius 1 is 1.46 bits per heavy atom. The lowest BCUT2D eigenvalue weighted by atomic mass is 10.2. The van der Waals surface area contributed by atoms with Crippen molar-refractivity contribution in [1.82, 2.24) is 14.7 Å². The summed E-state index contributed by atoms with van der Waals surface area (Å²) in [5, 5.41) is 7.63. The minimum absolute atomic E-state index is 0.0140. The van der Waals surface area contributed by atoms with Crippen molar-refractivity contribution >= 4 is 45.0 Å². The van der Waals surface area contributed by atoms with Gasteiger partial charge in [-0.15, -0.1) is 11.3 Å². The van der Waals surface area contributed by atoms with E-state index in [-0.39, 0.29) is 17.2 Å². The van der Waals surface area contributed by atoms with Gasteiger partial charge in [0.05, 0.1) is 11.1 Å². The van der Waals surface area contributed by atoms with Crippen LogP contribution in [0.4, 0.5) is 5.82 Å². The van der Waals surface area contributed by atoms with E-state index >= 15 is 0 Å². The molecule has 148 valence electrons. The average Bonchev–Trinajstić information content (AvgIpc) is 3.39. The number of nitrogens with one attached hydrogen (secondary N) is 1. The van der Waals surface area contributed by atoms with E-state index in [0.717, 1.165) is 29.5 Å². The summed E-state index contributed by atoms with van der Waals surface area (Å²) in [7, 11) is 1.64. The van der Waals surface area contributed by atoms with Crippen LogP contribution in [0.1, 0.15) is 23.3 Å². The normalized spacial score (nSPS) is 13.2. The number of carbonyl (C=O) groups excluding carboxylic acids is 1. The van der Waals surface area contributed by atoms with Gasteiger partial charge < -0.3 is 14.6 Å². The van der Waals surface area contributed by atoms with Gasteiger partial charge in [0.1, 0.15) is 11.1 Å². The van der Waals surface area contributed by atoms with Crippen molar-refractivity contribution in [1.29, 1.82) is 0 Å². The highest BCUT2D eigenvalue weighted by Gasteiger charge is 2.23. The summed E-state index contributed by atoms with van der Waals surface area (Å²) in [6.07, 6.45) is 5.15. The van der Waals surface area contributed by atoms with Crippen molar-refractivity contribution in [2.24, 2.45) is 0 Å². The first-order chi connectivity index (χ1) is 13.7. The number of aryl methyl sites for hydroxylation is 2.